The molecule has 3 nitrogen and oxygen atoms in total. The van der Waals surface area contributed by atoms with E-state index < -0.39 is 0 Å². The largest absolute Gasteiger partial charge is 0.357 e. The monoisotopic (exact) mass is 247 g/mol. The van der Waals surface area contributed by atoms with Crippen molar-refractivity contribution in [3.63, 3.8) is 0 Å². The average Bonchev–Trinajstić information content (AvgIpc) is 3.19. The highest BCUT2D eigenvalue weighted by Gasteiger charge is 2.24. The molecule has 2 N–H and O–H groups in total. The van der Waals surface area contributed by atoms with Gasteiger partial charge in [-0.3, -0.25) is 5.43 Å². The zero-order valence-electron chi connectivity index (χ0n) is 9.94. The lowest BCUT2D eigenvalue weighted by atomic mass is 10.2. The Hall–Kier alpha value is -1.42. The predicted molar refractivity (Wildman–Crippen MR) is 74.8 cm³/mol. The zero-order chi connectivity index (χ0) is 12.1. The van der Waals surface area contributed by atoms with Crippen molar-refractivity contribution in [1.82, 2.24) is 10.7 Å². The van der Waals surface area contributed by atoms with Crippen LogP contribution in [0.15, 0.2) is 35.4 Å². The Bertz CT molecular complexity index is 410. The summed E-state index contributed by atoms with van der Waals surface area (Å²) in [4.78, 5) is 0. The van der Waals surface area contributed by atoms with Crippen molar-refractivity contribution in [3.05, 3.63) is 35.9 Å². The quantitative estimate of drug-likeness (QED) is 0.487. The number of nitrogens with zero attached hydrogens (tertiary/aromatic N) is 1. The molecule has 1 aliphatic rings. The van der Waals surface area contributed by atoms with Gasteiger partial charge < -0.3 is 5.32 Å². The molecule has 0 bridgehead atoms. The number of nitrogens with one attached hydrogen (secondary N) is 2. The van der Waals surface area contributed by atoms with E-state index in [0.717, 1.165) is 12.3 Å². The van der Waals surface area contributed by atoms with Gasteiger partial charge in [0.1, 0.15) is 0 Å². The van der Waals surface area contributed by atoms with Crippen LogP contribution >= 0.6 is 12.2 Å². The lowest BCUT2D eigenvalue weighted by Crippen LogP contribution is -2.32. The van der Waals surface area contributed by atoms with Crippen LogP contribution in [-0.2, 0) is 6.54 Å². The molecule has 0 saturated heterocycles. The first kappa shape index (κ1) is 12.0. The number of hydrogen-bond acceptors (Lipinski definition) is 2. The molecule has 1 aromatic carbocycles. The van der Waals surface area contributed by atoms with Gasteiger partial charge in [0.05, 0.1) is 0 Å². The highest BCUT2D eigenvalue weighted by atomic mass is 32.1. The standard InChI is InChI=1S/C13H17N3S/c1-10(12-7-8-12)15-16-13(17)14-9-11-5-3-2-4-6-11/h2-6,12H,7-9H2,1H3,(H2,14,16,17)/b15-10-. The number of rotatable bonds is 4. The van der Waals surface area contributed by atoms with Gasteiger partial charge in [-0.15, -0.1) is 0 Å². The second-order valence-corrected chi connectivity index (χ2v) is 4.72. The summed E-state index contributed by atoms with van der Waals surface area (Å²) in [6.07, 6.45) is 2.53. The van der Waals surface area contributed by atoms with Gasteiger partial charge in [0.2, 0.25) is 0 Å². The van der Waals surface area contributed by atoms with E-state index >= 15 is 0 Å². The SMILES string of the molecule is C/C(=N/NC(=S)NCc1ccccc1)C1CC1. The molecule has 0 heterocycles. The van der Waals surface area contributed by atoms with E-state index in [9.17, 15) is 0 Å². The van der Waals surface area contributed by atoms with Crippen LogP contribution < -0.4 is 10.7 Å². The minimum absolute atomic E-state index is 0.578. The Morgan fingerprint density at radius 3 is 2.71 bits per heavy atom. The fraction of sp³-hybridized carbons (Fsp3) is 0.385. The minimum atomic E-state index is 0.578. The van der Waals surface area contributed by atoms with E-state index in [-0.39, 0.29) is 0 Å². The van der Waals surface area contributed by atoms with Crippen LogP contribution in [0.2, 0.25) is 0 Å². The highest BCUT2D eigenvalue weighted by molar-refractivity contribution is 7.80. The summed E-state index contributed by atoms with van der Waals surface area (Å²) in [6, 6.07) is 10.2. The van der Waals surface area contributed by atoms with E-state index in [4.69, 9.17) is 12.2 Å². The van der Waals surface area contributed by atoms with E-state index in [0.29, 0.717) is 11.0 Å². The fourth-order valence-corrected chi connectivity index (χ4v) is 1.67. The summed E-state index contributed by atoms with van der Waals surface area (Å²) in [5.74, 6) is 0.680. The zero-order valence-corrected chi connectivity index (χ0v) is 10.8. The third-order valence-corrected chi connectivity index (χ3v) is 3.03. The molecule has 0 amide bonds. The predicted octanol–water partition coefficient (Wildman–Crippen LogP) is 2.44. The molecular weight excluding hydrogens is 230 g/mol. The van der Waals surface area contributed by atoms with Crippen LogP contribution in [0.3, 0.4) is 0 Å². The Labute approximate surface area is 107 Å². The molecular formula is C13H17N3S. The first-order valence-electron chi connectivity index (χ1n) is 5.87. The van der Waals surface area contributed by atoms with Gasteiger partial charge in [-0.1, -0.05) is 30.3 Å². The Kier molecular flexibility index (Phi) is 4.09. The van der Waals surface area contributed by atoms with Crippen molar-refractivity contribution in [2.75, 3.05) is 0 Å². The van der Waals surface area contributed by atoms with Crippen LogP contribution in [-0.4, -0.2) is 10.8 Å². The van der Waals surface area contributed by atoms with Crippen molar-refractivity contribution < 1.29 is 0 Å². The van der Waals surface area contributed by atoms with Crippen LogP contribution in [0.1, 0.15) is 25.3 Å². The summed E-state index contributed by atoms with van der Waals surface area (Å²) < 4.78 is 0. The number of thiocarbonyl (C=S) groups is 1. The van der Waals surface area contributed by atoms with Gasteiger partial charge in [-0.05, 0) is 43.5 Å². The summed E-state index contributed by atoms with van der Waals surface area (Å²) in [6.45, 7) is 2.77. The van der Waals surface area contributed by atoms with Gasteiger partial charge in [-0.25, -0.2) is 0 Å². The Balaban J connectivity index is 1.72. The van der Waals surface area contributed by atoms with E-state index in [1.54, 1.807) is 0 Å². The van der Waals surface area contributed by atoms with Crippen LogP contribution in [0.5, 0.6) is 0 Å². The Morgan fingerprint density at radius 1 is 1.35 bits per heavy atom. The van der Waals surface area contributed by atoms with Crippen molar-refractivity contribution in [3.8, 4) is 0 Å². The van der Waals surface area contributed by atoms with Gasteiger partial charge in [0.25, 0.3) is 0 Å². The van der Waals surface area contributed by atoms with E-state index in [2.05, 4.69) is 28.0 Å². The maximum atomic E-state index is 5.15. The summed E-state index contributed by atoms with van der Waals surface area (Å²) in [5, 5.41) is 7.97. The highest BCUT2D eigenvalue weighted by Crippen LogP contribution is 2.30. The smallest absolute Gasteiger partial charge is 0.187 e. The molecule has 0 spiro atoms. The molecule has 0 radical (unpaired) electrons. The third-order valence-electron chi connectivity index (χ3n) is 2.80. The molecule has 4 heteroatoms. The second-order valence-electron chi connectivity index (χ2n) is 4.31. The third kappa shape index (κ3) is 4.15. The van der Waals surface area contributed by atoms with Gasteiger partial charge >= 0.3 is 0 Å². The molecule has 0 atom stereocenters. The van der Waals surface area contributed by atoms with Crippen molar-refractivity contribution in [2.45, 2.75) is 26.3 Å². The average molecular weight is 247 g/mol. The number of hydrazone groups is 1. The van der Waals surface area contributed by atoms with Crippen LogP contribution in [0, 0.1) is 5.92 Å². The van der Waals surface area contributed by atoms with Gasteiger partial charge in [-0.2, -0.15) is 5.10 Å². The first-order valence-corrected chi connectivity index (χ1v) is 6.28. The number of benzene rings is 1. The molecule has 0 aromatic heterocycles. The van der Waals surface area contributed by atoms with Crippen molar-refractivity contribution in [1.29, 1.82) is 0 Å². The minimum Gasteiger partial charge on any atom is -0.357 e. The Morgan fingerprint density at radius 2 is 2.06 bits per heavy atom. The summed E-state index contributed by atoms with van der Waals surface area (Å²) in [7, 11) is 0. The van der Waals surface area contributed by atoms with E-state index in [1.165, 1.54) is 18.4 Å². The second kappa shape index (κ2) is 5.77. The molecule has 1 aliphatic carbocycles. The number of hydrogen-bond donors (Lipinski definition) is 2. The molecule has 1 saturated carbocycles. The maximum Gasteiger partial charge on any atom is 0.187 e. The summed E-state index contributed by atoms with van der Waals surface area (Å²) >= 11 is 5.15. The van der Waals surface area contributed by atoms with Crippen LogP contribution in [0.4, 0.5) is 0 Å². The molecule has 0 aliphatic heterocycles. The van der Waals surface area contributed by atoms with Crippen molar-refractivity contribution in [2.24, 2.45) is 11.0 Å². The topological polar surface area (TPSA) is 36.4 Å². The van der Waals surface area contributed by atoms with E-state index in [1.807, 2.05) is 25.1 Å². The molecule has 17 heavy (non-hydrogen) atoms. The summed E-state index contributed by atoms with van der Waals surface area (Å²) in [5.41, 5.74) is 5.24. The molecule has 1 fully saturated rings. The molecule has 0 unspecified atom stereocenters. The van der Waals surface area contributed by atoms with Gasteiger partial charge in [0, 0.05) is 12.3 Å². The maximum absolute atomic E-state index is 5.15. The first-order chi connectivity index (χ1) is 8.25. The van der Waals surface area contributed by atoms with Gasteiger partial charge in [0.15, 0.2) is 5.11 Å². The van der Waals surface area contributed by atoms with Crippen LogP contribution in [0.25, 0.3) is 0 Å². The molecule has 1 aromatic rings. The normalized spacial score (nSPS) is 15.5. The molecule has 90 valence electrons. The lowest BCUT2D eigenvalue weighted by molar-refractivity contribution is 0.862. The van der Waals surface area contributed by atoms with Crippen molar-refractivity contribution >= 4 is 23.0 Å². The fourth-order valence-electron chi connectivity index (χ4n) is 1.55. The molecule has 2 rings (SSSR count). The lowest BCUT2D eigenvalue weighted by Gasteiger charge is -2.07.